The lowest BCUT2D eigenvalue weighted by Gasteiger charge is -2.46. The highest BCUT2D eigenvalue weighted by atomic mass is 16.7. The van der Waals surface area contributed by atoms with Gasteiger partial charge in [0.1, 0.15) is 18.3 Å². The second-order valence-electron chi connectivity index (χ2n) is 15.3. The zero-order chi connectivity index (χ0) is 35.8. The minimum Gasteiger partial charge on any atom is -0.462 e. The third kappa shape index (κ3) is 8.43. The van der Waals surface area contributed by atoms with Crippen LogP contribution in [0.2, 0.25) is 0 Å². The lowest BCUT2D eigenvalue weighted by Crippen LogP contribution is -2.57. The molecule has 4 aliphatic heterocycles. The molecule has 1 spiro atoms. The molecule has 4 aliphatic rings. The van der Waals surface area contributed by atoms with Crippen molar-refractivity contribution < 1.29 is 58.1 Å². The fourth-order valence-corrected chi connectivity index (χ4v) is 7.89. The first-order chi connectivity index (χ1) is 22.4. The van der Waals surface area contributed by atoms with Crippen LogP contribution in [0, 0.1) is 29.6 Å². The first kappa shape index (κ1) is 39.5. The van der Waals surface area contributed by atoms with E-state index in [1.165, 1.54) is 7.11 Å². The molecule has 18 atom stereocenters. The Morgan fingerprint density at radius 2 is 1.44 bits per heavy atom. The minimum absolute atomic E-state index is 0.198. The summed E-state index contributed by atoms with van der Waals surface area (Å²) in [4.78, 5) is 29.7. The Morgan fingerprint density at radius 3 is 2.02 bits per heavy atom. The van der Waals surface area contributed by atoms with Crippen LogP contribution in [0.4, 0.5) is 0 Å². The zero-order valence-corrected chi connectivity index (χ0v) is 30.6. The van der Waals surface area contributed by atoms with E-state index in [0.717, 1.165) is 0 Å². The standard InChI is InChI=1S/C35H61NO12/c1-16-14-35(15-43-35)32(40)19(4)27(37)18(3)22(7)46-33(41)21(6)31(47-26-13-25(42-11)28(38)23(8)45-26)20(5)30(16)48-34-29(39)24(36(9)10)12-17(2)44-34/h16-31,34,37-39H,12-15H2,1-11H3/t16-,17?,18-,19+,20+,21+,22+,23?,24?,25?,26?,27-,28?,29?,30-,31-,34?,35+/m0/s1. The summed E-state index contributed by atoms with van der Waals surface area (Å²) in [7, 11) is 5.32. The Kier molecular flexibility index (Phi) is 13.1. The van der Waals surface area contributed by atoms with Crippen molar-refractivity contribution in [2.75, 3.05) is 27.8 Å². The smallest absolute Gasteiger partial charge is 0.311 e. The summed E-state index contributed by atoms with van der Waals surface area (Å²) < 4.78 is 43.0. The van der Waals surface area contributed by atoms with Crippen LogP contribution in [-0.4, -0.2) is 139 Å². The Labute approximate surface area is 285 Å². The van der Waals surface area contributed by atoms with Crippen LogP contribution in [0.25, 0.3) is 0 Å². The number of esters is 1. The number of aliphatic hydroxyl groups is 3. The molecular weight excluding hydrogens is 626 g/mol. The van der Waals surface area contributed by atoms with Gasteiger partial charge in [0.15, 0.2) is 24.0 Å². The number of ketones is 1. The van der Waals surface area contributed by atoms with Crippen molar-refractivity contribution in [3.05, 3.63) is 0 Å². The second-order valence-corrected chi connectivity index (χ2v) is 15.3. The molecule has 8 unspecified atom stereocenters. The van der Waals surface area contributed by atoms with Gasteiger partial charge in [-0.05, 0) is 60.5 Å². The van der Waals surface area contributed by atoms with Crippen LogP contribution < -0.4 is 0 Å². The lowest BCUT2D eigenvalue weighted by atomic mass is 9.76. The van der Waals surface area contributed by atoms with Gasteiger partial charge in [0, 0.05) is 37.3 Å². The van der Waals surface area contributed by atoms with Gasteiger partial charge in [-0.25, -0.2) is 0 Å². The second kappa shape index (κ2) is 16.0. The molecular formula is C35H61NO12. The average molecular weight is 688 g/mol. The molecule has 4 rings (SSSR count). The topological polar surface area (TPSA) is 166 Å². The summed E-state index contributed by atoms with van der Waals surface area (Å²) in [6.45, 7) is 14.6. The number of nitrogens with zero attached hydrogens (tertiary/aromatic N) is 1. The van der Waals surface area contributed by atoms with Gasteiger partial charge in [-0.2, -0.15) is 0 Å². The molecule has 3 N–H and O–H groups in total. The van der Waals surface area contributed by atoms with Crippen molar-refractivity contribution in [1.29, 1.82) is 0 Å². The van der Waals surface area contributed by atoms with Crippen LogP contribution in [0.15, 0.2) is 0 Å². The lowest BCUT2D eigenvalue weighted by molar-refractivity contribution is -0.299. The maximum atomic E-state index is 13.9. The molecule has 0 aliphatic carbocycles. The van der Waals surface area contributed by atoms with Gasteiger partial charge in [-0.1, -0.05) is 27.7 Å². The fourth-order valence-electron chi connectivity index (χ4n) is 7.89. The Morgan fingerprint density at radius 1 is 0.792 bits per heavy atom. The van der Waals surface area contributed by atoms with E-state index in [1.807, 2.05) is 39.8 Å². The molecule has 13 heteroatoms. The number of carbonyl (C=O) groups excluding carboxylic acids is 2. The summed E-state index contributed by atoms with van der Waals surface area (Å²) in [6.07, 6.45) is -7.15. The van der Waals surface area contributed by atoms with Gasteiger partial charge in [0.2, 0.25) is 0 Å². The number of likely N-dealkylation sites (N-methyl/N-ethyl adjacent to an activating group) is 1. The van der Waals surface area contributed by atoms with E-state index in [-0.39, 0.29) is 43.3 Å². The number of carbonyl (C=O) groups is 2. The van der Waals surface area contributed by atoms with E-state index >= 15 is 0 Å². The van der Waals surface area contributed by atoms with Gasteiger partial charge >= 0.3 is 5.97 Å². The Hall–Kier alpha value is -1.26. The number of hydrogen-bond acceptors (Lipinski definition) is 13. The number of ether oxygens (including phenoxy) is 7. The maximum Gasteiger partial charge on any atom is 0.311 e. The summed E-state index contributed by atoms with van der Waals surface area (Å²) >= 11 is 0. The molecule has 13 nitrogen and oxygen atoms in total. The van der Waals surface area contributed by atoms with Crippen molar-refractivity contribution in [3.63, 3.8) is 0 Å². The number of Topliss-reactive ketones (excluding diaryl/α,β-unsaturated/α-hetero) is 1. The molecule has 0 saturated carbocycles. The van der Waals surface area contributed by atoms with Crippen molar-refractivity contribution in [2.45, 2.75) is 154 Å². The Bertz CT molecular complexity index is 1090. The van der Waals surface area contributed by atoms with Crippen molar-refractivity contribution in [3.8, 4) is 0 Å². The van der Waals surface area contributed by atoms with E-state index in [2.05, 4.69) is 0 Å². The minimum atomic E-state index is -1.10. The fraction of sp³-hybridized carbons (Fsp3) is 0.943. The first-order valence-corrected chi connectivity index (χ1v) is 17.7. The molecule has 4 heterocycles. The highest BCUT2D eigenvalue weighted by Crippen LogP contribution is 2.43. The van der Waals surface area contributed by atoms with E-state index < -0.39 is 96.7 Å². The highest BCUT2D eigenvalue weighted by Gasteiger charge is 2.57. The molecule has 278 valence electrons. The van der Waals surface area contributed by atoms with Crippen LogP contribution in [0.5, 0.6) is 0 Å². The summed E-state index contributed by atoms with van der Waals surface area (Å²) in [6, 6.07) is -0.219. The van der Waals surface area contributed by atoms with Gasteiger partial charge in [0.05, 0.1) is 49.1 Å². The average Bonchev–Trinajstić information content (AvgIpc) is 3.82. The summed E-state index contributed by atoms with van der Waals surface area (Å²) in [5.41, 5.74) is -1.10. The summed E-state index contributed by atoms with van der Waals surface area (Å²) in [5, 5.41) is 33.3. The van der Waals surface area contributed by atoms with E-state index in [9.17, 15) is 24.9 Å². The number of methoxy groups -OCH3 is 1. The largest absolute Gasteiger partial charge is 0.462 e. The monoisotopic (exact) mass is 687 g/mol. The van der Waals surface area contributed by atoms with Crippen molar-refractivity contribution >= 4 is 11.8 Å². The van der Waals surface area contributed by atoms with Crippen LogP contribution in [0.3, 0.4) is 0 Å². The van der Waals surface area contributed by atoms with Crippen LogP contribution in [-0.2, 0) is 42.7 Å². The molecule has 48 heavy (non-hydrogen) atoms. The number of hydrogen-bond donors (Lipinski definition) is 3. The van der Waals surface area contributed by atoms with E-state index in [0.29, 0.717) is 6.42 Å². The number of cyclic esters (lactones) is 1. The first-order valence-electron chi connectivity index (χ1n) is 17.7. The Balaban J connectivity index is 1.75. The molecule has 0 radical (unpaired) electrons. The number of aliphatic hydroxyl groups excluding tert-OH is 3. The van der Waals surface area contributed by atoms with Gasteiger partial charge in [-0.3, -0.25) is 9.59 Å². The summed E-state index contributed by atoms with van der Waals surface area (Å²) in [5.74, 6) is -3.74. The molecule has 4 fully saturated rings. The predicted molar refractivity (Wildman–Crippen MR) is 174 cm³/mol. The van der Waals surface area contributed by atoms with E-state index in [4.69, 9.17) is 33.2 Å². The number of epoxide rings is 1. The molecule has 0 aromatic carbocycles. The van der Waals surface area contributed by atoms with Gasteiger partial charge in [-0.15, -0.1) is 0 Å². The molecule has 0 aromatic rings. The normalized spacial score (nSPS) is 49.9. The van der Waals surface area contributed by atoms with Gasteiger partial charge in [0.25, 0.3) is 0 Å². The maximum absolute atomic E-state index is 13.9. The third-order valence-corrected chi connectivity index (χ3v) is 11.4. The van der Waals surface area contributed by atoms with E-state index in [1.54, 1.807) is 34.6 Å². The number of rotatable bonds is 6. The van der Waals surface area contributed by atoms with Crippen molar-refractivity contribution in [2.24, 2.45) is 29.6 Å². The predicted octanol–water partition coefficient (Wildman–Crippen LogP) is 1.91. The molecule has 0 bridgehead atoms. The molecule has 0 amide bonds. The highest BCUT2D eigenvalue weighted by molar-refractivity contribution is 5.92. The van der Waals surface area contributed by atoms with Crippen molar-refractivity contribution in [1.82, 2.24) is 4.90 Å². The van der Waals surface area contributed by atoms with Crippen LogP contribution in [0.1, 0.15) is 74.7 Å². The molecule has 0 aromatic heterocycles. The quantitative estimate of drug-likeness (QED) is 0.274. The zero-order valence-electron chi connectivity index (χ0n) is 30.6. The van der Waals surface area contributed by atoms with Crippen LogP contribution >= 0.6 is 0 Å². The SMILES string of the molecule is COC1CC(O[C@H]2[C@H](C)[C@@H](OC3OC(C)CC(N(C)C)C3O)[C@@H](C)C[C@@]3(CO3)C(=O)[C@H](C)[C@@H](O)[C@@H](C)[C@@H](C)OC(=O)[C@@H]2C)OC(C)C1O. The van der Waals surface area contributed by atoms with Gasteiger partial charge < -0.3 is 53.4 Å². The third-order valence-electron chi connectivity index (χ3n) is 11.4. The molecule has 4 saturated heterocycles.